The van der Waals surface area contributed by atoms with Crippen molar-refractivity contribution in [3.05, 3.63) is 12.3 Å². The van der Waals surface area contributed by atoms with Crippen LogP contribution in [0.5, 0.6) is 0 Å². The van der Waals surface area contributed by atoms with E-state index in [4.69, 9.17) is 0 Å². The summed E-state index contributed by atoms with van der Waals surface area (Å²) in [7, 11) is 4.59. The summed E-state index contributed by atoms with van der Waals surface area (Å²) in [6.45, 7) is 5.69. The van der Waals surface area contributed by atoms with E-state index < -0.39 is 0 Å². The molecule has 0 amide bonds. The van der Waals surface area contributed by atoms with Gasteiger partial charge in [-0.05, 0) is 25.8 Å². The largest absolute Gasteiger partial charge is 1.00 e. The van der Waals surface area contributed by atoms with Crippen LogP contribution in [-0.2, 0) is 0 Å². The zero-order valence-corrected chi connectivity index (χ0v) is 17.3. The normalized spacial score (nSPS) is 11.8. The van der Waals surface area contributed by atoms with Crippen LogP contribution in [0.3, 0.4) is 0 Å². The second-order valence-corrected chi connectivity index (χ2v) is 7.58. The van der Waals surface area contributed by atoms with E-state index in [1.54, 1.807) is 0 Å². The zero-order valence-electron chi connectivity index (χ0n) is 16.6. The van der Waals surface area contributed by atoms with Crippen LogP contribution < -0.4 is 12.4 Å². The summed E-state index contributed by atoms with van der Waals surface area (Å²) in [6, 6.07) is 0. The van der Waals surface area contributed by atoms with E-state index in [0.717, 1.165) is 4.48 Å². The van der Waals surface area contributed by atoms with Gasteiger partial charge in [0.25, 0.3) is 0 Å². The highest BCUT2D eigenvalue weighted by molar-refractivity contribution is 4.66. The molecular formula is C21H44ClN. The molecule has 0 radical (unpaired) electrons. The van der Waals surface area contributed by atoms with Gasteiger partial charge in [0.2, 0.25) is 0 Å². The predicted molar refractivity (Wildman–Crippen MR) is 102 cm³/mol. The standard InChI is InChI=1S/C21H44N.ClH/c1-5-7-8-9-10-11-12-13-14-15-16-17-18-19-21-22(3,4)20-6-2;/h6,20H,5,7-19,21H2,1-4H3;1H/q+1;/p-1. The first kappa shape index (κ1) is 25.2. The van der Waals surface area contributed by atoms with Crippen molar-refractivity contribution in [2.75, 3.05) is 20.6 Å². The Labute approximate surface area is 153 Å². The average molecular weight is 346 g/mol. The van der Waals surface area contributed by atoms with Crippen LogP contribution in [0.25, 0.3) is 0 Å². The summed E-state index contributed by atoms with van der Waals surface area (Å²) < 4.78 is 1.04. The first-order valence-corrected chi connectivity index (χ1v) is 10.1. The van der Waals surface area contributed by atoms with Crippen LogP contribution in [0, 0.1) is 0 Å². The first-order valence-electron chi connectivity index (χ1n) is 10.1. The van der Waals surface area contributed by atoms with E-state index in [-0.39, 0.29) is 12.4 Å². The van der Waals surface area contributed by atoms with Gasteiger partial charge >= 0.3 is 0 Å². The number of halogens is 1. The van der Waals surface area contributed by atoms with Gasteiger partial charge < -0.3 is 16.9 Å². The average Bonchev–Trinajstić information content (AvgIpc) is 2.47. The molecule has 0 saturated carbocycles. The molecule has 140 valence electrons. The van der Waals surface area contributed by atoms with E-state index in [0.29, 0.717) is 0 Å². The summed E-state index contributed by atoms with van der Waals surface area (Å²) >= 11 is 0. The number of nitrogens with zero attached hydrogens (tertiary/aromatic N) is 1. The van der Waals surface area contributed by atoms with Gasteiger partial charge in [0.05, 0.1) is 26.8 Å². The molecule has 0 aromatic heterocycles. The van der Waals surface area contributed by atoms with Crippen molar-refractivity contribution in [3.63, 3.8) is 0 Å². The monoisotopic (exact) mass is 345 g/mol. The van der Waals surface area contributed by atoms with Crippen LogP contribution in [0.2, 0.25) is 0 Å². The highest BCUT2D eigenvalue weighted by atomic mass is 35.5. The van der Waals surface area contributed by atoms with Crippen molar-refractivity contribution < 1.29 is 16.9 Å². The van der Waals surface area contributed by atoms with E-state index in [2.05, 4.69) is 40.2 Å². The molecule has 23 heavy (non-hydrogen) atoms. The minimum absolute atomic E-state index is 0. The van der Waals surface area contributed by atoms with Crippen LogP contribution in [0.4, 0.5) is 0 Å². The maximum atomic E-state index is 2.29. The van der Waals surface area contributed by atoms with Crippen molar-refractivity contribution in [1.82, 2.24) is 0 Å². The van der Waals surface area contributed by atoms with Crippen molar-refractivity contribution >= 4 is 0 Å². The van der Waals surface area contributed by atoms with Gasteiger partial charge in [-0.25, -0.2) is 0 Å². The predicted octanol–water partition coefficient (Wildman–Crippen LogP) is 4.08. The van der Waals surface area contributed by atoms with Gasteiger partial charge in [-0.2, -0.15) is 0 Å². The van der Waals surface area contributed by atoms with Crippen LogP contribution in [0.15, 0.2) is 12.3 Å². The Kier molecular flexibility index (Phi) is 20.1. The maximum absolute atomic E-state index is 2.29. The molecule has 0 unspecified atom stereocenters. The number of quaternary nitrogens is 1. The van der Waals surface area contributed by atoms with Gasteiger partial charge in [-0.1, -0.05) is 84.0 Å². The van der Waals surface area contributed by atoms with Crippen molar-refractivity contribution in [2.24, 2.45) is 0 Å². The summed E-state index contributed by atoms with van der Waals surface area (Å²) in [6.07, 6.45) is 24.7. The first-order chi connectivity index (χ1) is 10.6. The third-order valence-electron chi connectivity index (χ3n) is 4.64. The molecule has 0 N–H and O–H groups in total. The number of hydrogen-bond acceptors (Lipinski definition) is 0. The van der Waals surface area contributed by atoms with Gasteiger partial charge in [-0.15, -0.1) is 0 Å². The molecule has 0 aromatic carbocycles. The fourth-order valence-electron chi connectivity index (χ4n) is 3.19. The molecule has 0 aliphatic rings. The summed E-state index contributed by atoms with van der Waals surface area (Å²) in [5.74, 6) is 0. The highest BCUT2D eigenvalue weighted by Gasteiger charge is 2.08. The minimum atomic E-state index is 0. The van der Waals surface area contributed by atoms with Crippen LogP contribution >= 0.6 is 0 Å². The molecule has 0 aliphatic heterocycles. The van der Waals surface area contributed by atoms with E-state index in [1.807, 2.05) is 0 Å². The molecule has 0 rings (SSSR count). The van der Waals surface area contributed by atoms with E-state index in [9.17, 15) is 0 Å². The van der Waals surface area contributed by atoms with Crippen LogP contribution in [-0.4, -0.2) is 25.1 Å². The number of allylic oxidation sites excluding steroid dienone is 1. The molecule has 0 atom stereocenters. The molecule has 0 bridgehead atoms. The summed E-state index contributed by atoms with van der Waals surface area (Å²) in [5, 5.41) is 0. The van der Waals surface area contributed by atoms with Gasteiger partial charge in [0.15, 0.2) is 0 Å². The Hall–Kier alpha value is -0.0100. The number of hydrogen-bond donors (Lipinski definition) is 0. The fraction of sp³-hybridized carbons (Fsp3) is 0.905. The quantitative estimate of drug-likeness (QED) is 0.292. The van der Waals surface area contributed by atoms with Crippen LogP contribution in [0.1, 0.15) is 104 Å². The molecule has 0 heterocycles. The SMILES string of the molecule is CC=C[N+](C)(C)CCCCCCCCCCCCCCCC.[Cl-]. The highest BCUT2D eigenvalue weighted by Crippen LogP contribution is 2.13. The topological polar surface area (TPSA) is 0 Å². The lowest BCUT2D eigenvalue weighted by atomic mass is 10.0. The Morgan fingerprint density at radius 3 is 1.30 bits per heavy atom. The lowest BCUT2D eigenvalue weighted by Crippen LogP contribution is -3.00. The van der Waals surface area contributed by atoms with Crippen molar-refractivity contribution in [1.29, 1.82) is 0 Å². The van der Waals surface area contributed by atoms with Crippen molar-refractivity contribution in [2.45, 2.75) is 104 Å². The Morgan fingerprint density at radius 1 is 0.609 bits per heavy atom. The molecule has 0 saturated heterocycles. The van der Waals surface area contributed by atoms with E-state index >= 15 is 0 Å². The van der Waals surface area contributed by atoms with Gasteiger partial charge in [0, 0.05) is 0 Å². The second kappa shape index (κ2) is 18.3. The Balaban J connectivity index is 0. The fourth-order valence-corrected chi connectivity index (χ4v) is 3.19. The molecule has 0 fully saturated rings. The Morgan fingerprint density at radius 2 is 0.957 bits per heavy atom. The molecule has 1 nitrogen and oxygen atoms in total. The van der Waals surface area contributed by atoms with Gasteiger partial charge in [-0.3, -0.25) is 0 Å². The summed E-state index contributed by atoms with van der Waals surface area (Å²) in [4.78, 5) is 0. The Bertz CT molecular complexity index is 248. The second-order valence-electron chi connectivity index (χ2n) is 7.58. The van der Waals surface area contributed by atoms with Gasteiger partial charge in [0.1, 0.15) is 0 Å². The molecule has 0 aromatic rings. The zero-order chi connectivity index (χ0) is 16.5. The molecular weight excluding hydrogens is 302 g/mol. The minimum Gasteiger partial charge on any atom is -1.00 e. The molecule has 0 spiro atoms. The number of unbranched alkanes of at least 4 members (excludes halogenated alkanes) is 13. The molecule has 2 heteroatoms. The maximum Gasteiger partial charge on any atom is 0.0911 e. The molecule has 0 aliphatic carbocycles. The smallest absolute Gasteiger partial charge is 0.0911 e. The third-order valence-corrected chi connectivity index (χ3v) is 4.64. The summed E-state index contributed by atoms with van der Waals surface area (Å²) in [5.41, 5.74) is 0. The lowest BCUT2D eigenvalue weighted by molar-refractivity contribution is -0.839. The lowest BCUT2D eigenvalue weighted by Gasteiger charge is -2.24. The van der Waals surface area contributed by atoms with E-state index in [1.165, 1.54) is 96.4 Å². The van der Waals surface area contributed by atoms with Crippen molar-refractivity contribution in [3.8, 4) is 0 Å². The number of rotatable bonds is 16. The third kappa shape index (κ3) is 19.9.